The molecule has 1 fully saturated rings. The van der Waals surface area contributed by atoms with Crippen LogP contribution in [0, 0.1) is 5.92 Å². The minimum atomic E-state index is -0.198. The minimum Gasteiger partial charge on any atom is -0.369 e. The van der Waals surface area contributed by atoms with Crippen LogP contribution >= 0.6 is 0 Å². The molecule has 0 saturated carbocycles. The number of nitrogens with two attached hydrogens (primary N) is 1. The molecular formula is C11H14N2O. The fraction of sp³-hybridized carbons (Fsp3) is 0.364. The van der Waals surface area contributed by atoms with E-state index in [0.29, 0.717) is 6.54 Å². The summed E-state index contributed by atoms with van der Waals surface area (Å²) in [4.78, 5) is 11.0. The summed E-state index contributed by atoms with van der Waals surface area (Å²) in [6.45, 7) is 0.703. The van der Waals surface area contributed by atoms with Gasteiger partial charge in [0, 0.05) is 12.6 Å². The average molecular weight is 190 g/mol. The van der Waals surface area contributed by atoms with Crippen LogP contribution in [-0.2, 0) is 4.79 Å². The van der Waals surface area contributed by atoms with Crippen LogP contribution in [0.1, 0.15) is 18.0 Å². The highest BCUT2D eigenvalue weighted by Crippen LogP contribution is 2.26. The molecule has 2 unspecified atom stereocenters. The predicted octanol–water partition coefficient (Wildman–Crippen LogP) is 0.822. The normalized spacial score (nSPS) is 26.3. The van der Waals surface area contributed by atoms with E-state index in [2.05, 4.69) is 17.4 Å². The summed E-state index contributed by atoms with van der Waals surface area (Å²) >= 11 is 0. The molecule has 0 aliphatic carbocycles. The molecule has 0 radical (unpaired) electrons. The molecule has 0 spiro atoms. The van der Waals surface area contributed by atoms with E-state index in [-0.39, 0.29) is 17.9 Å². The van der Waals surface area contributed by atoms with E-state index < -0.39 is 0 Å². The molecule has 1 saturated heterocycles. The Morgan fingerprint density at radius 1 is 1.36 bits per heavy atom. The number of primary amides is 1. The van der Waals surface area contributed by atoms with Gasteiger partial charge in [-0.2, -0.15) is 0 Å². The van der Waals surface area contributed by atoms with Crippen LogP contribution < -0.4 is 11.1 Å². The number of amides is 1. The Morgan fingerprint density at radius 2 is 2.07 bits per heavy atom. The van der Waals surface area contributed by atoms with Gasteiger partial charge in [-0.1, -0.05) is 30.3 Å². The van der Waals surface area contributed by atoms with Gasteiger partial charge in [0.15, 0.2) is 0 Å². The van der Waals surface area contributed by atoms with Crippen molar-refractivity contribution in [2.75, 3.05) is 6.54 Å². The number of benzene rings is 1. The summed E-state index contributed by atoms with van der Waals surface area (Å²) in [6.07, 6.45) is 0.819. The zero-order valence-corrected chi connectivity index (χ0v) is 7.94. The summed E-state index contributed by atoms with van der Waals surface area (Å²) in [5, 5.41) is 3.30. The van der Waals surface area contributed by atoms with Gasteiger partial charge < -0.3 is 11.1 Å². The van der Waals surface area contributed by atoms with Crippen LogP contribution in [0.2, 0.25) is 0 Å². The van der Waals surface area contributed by atoms with Crippen molar-refractivity contribution in [1.82, 2.24) is 5.32 Å². The lowest BCUT2D eigenvalue weighted by Gasteiger charge is -2.09. The molecule has 14 heavy (non-hydrogen) atoms. The van der Waals surface area contributed by atoms with Crippen molar-refractivity contribution >= 4 is 5.91 Å². The van der Waals surface area contributed by atoms with Gasteiger partial charge in [-0.05, 0) is 12.0 Å². The molecule has 1 aromatic carbocycles. The first kappa shape index (κ1) is 9.21. The third kappa shape index (κ3) is 1.77. The van der Waals surface area contributed by atoms with Crippen molar-refractivity contribution in [3.63, 3.8) is 0 Å². The molecule has 1 aliphatic rings. The number of hydrogen-bond donors (Lipinski definition) is 2. The molecule has 1 heterocycles. The molecule has 0 bridgehead atoms. The van der Waals surface area contributed by atoms with Crippen molar-refractivity contribution in [3.05, 3.63) is 35.9 Å². The van der Waals surface area contributed by atoms with E-state index in [1.807, 2.05) is 18.2 Å². The fourth-order valence-electron chi connectivity index (χ4n) is 1.89. The van der Waals surface area contributed by atoms with E-state index >= 15 is 0 Å². The maximum Gasteiger partial charge on any atom is 0.221 e. The third-order valence-electron chi connectivity index (χ3n) is 2.74. The second kappa shape index (κ2) is 3.80. The molecule has 2 rings (SSSR count). The monoisotopic (exact) mass is 190 g/mol. The van der Waals surface area contributed by atoms with Crippen LogP contribution in [-0.4, -0.2) is 12.5 Å². The molecule has 0 aromatic heterocycles. The van der Waals surface area contributed by atoms with Crippen molar-refractivity contribution in [3.8, 4) is 0 Å². The molecule has 1 aliphatic heterocycles. The highest BCUT2D eigenvalue weighted by molar-refractivity contribution is 5.77. The van der Waals surface area contributed by atoms with Crippen molar-refractivity contribution < 1.29 is 4.79 Å². The summed E-state index contributed by atoms with van der Waals surface area (Å²) in [7, 11) is 0. The van der Waals surface area contributed by atoms with Gasteiger partial charge in [0.25, 0.3) is 0 Å². The Bertz CT molecular complexity index is 323. The first-order chi connectivity index (χ1) is 6.77. The Balaban J connectivity index is 2.06. The number of carbonyl (C=O) groups excluding carboxylic acids is 1. The summed E-state index contributed by atoms with van der Waals surface area (Å²) in [6, 6.07) is 10.4. The first-order valence-corrected chi connectivity index (χ1v) is 4.85. The second-order valence-electron chi connectivity index (χ2n) is 3.71. The maximum atomic E-state index is 11.0. The van der Waals surface area contributed by atoms with E-state index in [4.69, 9.17) is 5.73 Å². The lowest BCUT2D eigenvalue weighted by molar-refractivity contribution is -0.121. The Kier molecular flexibility index (Phi) is 2.50. The molecular weight excluding hydrogens is 176 g/mol. The van der Waals surface area contributed by atoms with E-state index in [0.717, 1.165) is 6.42 Å². The summed E-state index contributed by atoms with van der Waals surface area (Å²) in [5.41, 5.74) is 6.49. The number of hydrogen-bond acceptors (Lipinski definition) is 2. The van der Waals surface area contributed by atoms with Gasteiger partial charge in [0.2, 0.25) is 5.91 Å². The van der Waals surface area contributed by atoms with Crippen molar-refractivity contribution in [1.29, 1.82) is 0 Å². The molecule has 74 valence electrons. The summed E-state index contributed by atoms with van der Waals surface area (Å²) < 4.78 is 0. The predicted molar refractivity (Wildman–Crippen MR) is 54.5 cm³/mol. The average Bonchev–Trinajstić information content (AvgIpc) is 2.68. The lowest BCUT2D eigenvalue weighted by Crippen LogP contribution is -2.24. The largest absolute Gasteiger partial charge is 0.369 e. The summed E-state index contributed by atoms with van der Waals surface area (Å²) in [5.74, 6) is -0.212. The van der Waals surface area contributed by atoms with Crippen LogP contribution in [0.5, 0.6) is 0 Å². The van der Waals surface area contributed by atoms with Crippen LogP contribution in [0.3, 0.4) is 0 Å². The van der Waals surface area contributed by atoms with E-state index in [9.17, 15) is 4.79 Å². The van der Waals surface area contributed by atoms with Gasteiger partial charge in [-0.15, -0.1) is 0 Å². The van der Waals surface area contributed by atoms with Gasteiger partial charge in [0.05, 0.1) is 5.92 Å². The molecule has 3 nitrogen and oxygen atoms in total. The highest BCUT2D eigenvalue weighted by Gasteiger charge is 2.28. The van der Waals surface area contributed by atoms with Crippen LogP contribution in [0.25, 0.3) is 0 Å². The molecule has 3 heteroatoms. The highest BCUT2D eigenvalue weighted by atomic mass is 16.1. The smallest absolute Gasteiger partial charge is 0.221 e. The van der Waals surface area contributed by atoms with Gasteiger partial charge in [0.1, 0.15) is 0 Å². The second-order valence-corrected chi connectivity index (χ2v) is 3.71. The van der Waals surface area contributed by atoms with Gasteiger partial charge >= 0.3 is 0 Å². The fourth-order valence-corrected chi connectivity index (χ4v) is 1.89. The standard InChI is InChI=1S/C11H14N2O/c12-11(14)9-6-10(13-7-9)8-4-2-1-3-5-8/h1-5,9-10,13H,6-7H2,(H2,12,14). The van der Waals surface area contributed by atoms with E-state index in [1.54, 1.807) is 0 Å². The third-order valence-corrected chi connectivity index (χ3v) is 2.74. The maximum absolute atomic E-state index is 11.0. The Labute approximate surface area is 83.3 Å². The molecule has 3 N–H and O–H groups in total. The zero-order valence-electron chi connectivity index (χ0n) is 7.94. The number of rotatable bonds is 2. The lowest BCUT2D eigenvalue weighted by atomic mass is 10.00. The van der Waals surface area contributed by atoms with Crippen molar-refractivity contribution in [2.45, 2.75) is 12.5 Å². The van der Waals surface area contributed by atoms with Crippen LogP contribution in [0.15, 0.2) is 30.3 Å². The zero-order chi connectivity index (χ0) is 9.97. The molecule has 1 aromatic rings. The number of nitrogens with one attached hydrogen (secondary N) is 1. The van der Waals surface area contributed by atoms with Crippen LogP contribution in [0.4, 0.5) is 0 Å². The SMILES string of the molecule is NC(=O)C1CNC(c2ccccc2)C1. The Hall–Kier alpha value is -1.35. The first-order valence-electron chi connectivity index (χ1n) is 4.85. The topological polar surface area (TPSA) is 55.1 Å². The van der Waals surface area contributed by atoms with Gasteiger partial charge in [-0.25, -0.2) is 0 Å². The van der Waals surface area contributed by atoms with Crippen molar-refractivity contribution in [2.24, 2.45) is 11.7 Å². The quantitative estimate of drug-likeness (QED) is 0.725. The minimum absolute atomic E-state index is 0.0137. The number of carbonyl (C=O) groups is 1. The van der Waals surface area contributed by atoms with Gasteiger partial charge in [-0.3, -0.25) is 4.79 Å². The molecule has 1 amide bonds. The Morgan fingerprint density at radius 3 is 2.64 bits per heavy atom. The molecule has 2 atom stereocenters. The van der Waals surface area contributed by atoms with E-state index in [1.165, 1.54) is 5.56 Å².